The molecule has 10 rings (SSSR count). The van der Waals surface area contributed by atoms with Crippen molar-refractivity contribution in [3.05, 3.63) is 251 Å². The maximum atomic E-state index is 14.2. The predicted octanol–water partition coefficient (Wildman–Crippen LogP) is 7.15. The zero-order valence-electron chi connectivity index (χ0n) is 46.4. The lowest BCUT2D eigenvalue weighted by Crippen LogP contribution is -2.66. The molecule has 3 fully saturated rings. The van der Waals surface area contributed by atoms with Crippen LogP contribution >= 0.6 is 0 Å². The van der Waals surface area contributed by atoms with Crippen LogP contribution in [0.2, 0.25) is 0 Å². The topological polar surface area (TPSA) is 271 Å². The van der Waals surface area contributed by atoms with Gasteiger partial charge in [-0.25, -0.2) is 33.6 Å². The Bertz CT molecular complexity index is 3440. The number of rotatable bonds is 19. The van der Waals surface area contributed by atoms with Crippen molar-refractivity contribution in [1.29, 1.82) is 0 Å². The van der Waals surface area contributed by atoms with E-state index >= 15 is 0 Å². The minimum absolute atomic E-state index is 0.0115. The summed E-state index contributed by atoms with van der Waals surface area (Å²) in [7, 11) is 0. The van der Waals surface area contributed by atoms with E-state index in [0.29, 0.717) is 0 Å². The van der Waals surface area contributed by atoms with Gasteiger partial charge in [-0.05, 0) is 91.9 Å². The summed E-state index contributed by atoms with van der Waals surface area (Å²) in [6.07, 6.45) is -24.7. The molecule has 448 valence electrons. The molecular weight excluding hydrogens is 1130 g/mol. The lowest BCUT2D eigenvalue weighted by atomic mass is 9.96. The molecule has 0 aromatic heterocycles. The molecule has 3 aliphatic heterocycles. The number of ether oxygens (including phenoxy) is 12. The smallest absolute Gasteiger partial charge is 0.338 e. The van der Waals surface area contributed by atoms with Crippen LogP contribution in [0.5, 0.6) is 0 Å². The second kappa shape index (κ2) is 28.6. The fraction of sp³-hybridized carbons (Fsp3) is 0.258. The Morgan fingerprint density at radius 1 is 0.368 bits per heavy atom. The maximum absolute atomic E-state index is 14.2. The zero-order valence-corrected chi connectivity index (χ0v) is 46.4. The molecule has 87 heavy (non-hydrogen) atoms. The number of esters is 7. The third-order valence-electron chi connectivity index (χ3n) is 14.2. The average Bonchev–Trinajstić information content (AvgIpc) is 2.00. The SMILES string of the molecule is C[C@@H]1O[C@@H](O[C@H]2[C@H](O)[C@@H](CO[C@@H]3OC[C@@H](OC(=O)c4ccccc4)[C@H](OC(=O)c4ccccc4)[C@H]3OC(=O)c3ccccc3)O[C@H](O)[C@@H]2OC(=O)c2ccccc2)[C@H](OC(=O)c2ccccc2)[C@H](OC(=O)c2ccccc2)[C@H]1OC(=O)c1ccccc1. The Kier molecular flexibility index (Phi) is 20.0. The fourth-order valence-corrected chi connectivity index (χ4v) is 9.81. The van der Waals surface area contributed by atoms with Crippen molar-refractivity contribution in [2.24, 2.45) is 0 Å². The molecule has 7 aromatic rings. The van der Waals surface area contributed by atoms with Crippen molar-refractivity contribution in [1.82, 2.24) is 0 Å². The van der Waals surface area contributed by atoms with Crippen molar-refractivity contribution in [3.8, 4) is 0 Å². The summed E-state index contributed by atoms with van der Waals surface area (Å²) in [5.74, 6) is -6.50. The maximum Gasteiger partial charge on any atom is 0.338 e. The molecular formula is C66H58O21. The van der Waals surface area contributed by atoms with Crippen molar-refractivity contribution in [2.45, 2.75) is 92.9 Å². The summed E-state index contributed by atoms with van der Waals surface area (Å²) in [6, 6.07) is 54.5. The first-order valence-corrected chi connectivity index (χ1v) is 27.7. The predicted molar refractivity (Wildman–Crippen MR) is 301 cm³/mol. The van der Waals surface area contributed by atoms with Gasteiger partial charge in [-0.15, -0.1) is 0 Å². The number of aliphatic hydroxyl groups is 2. The highest BCUT2D eigenvalue weighted by molar-refractivity contribution is 5.93. The summed E-state index contributed by atoms with van der Waals surface area (Å²) < 4.78 is 73.7. The molecule has 0 unspecified atom stereocenters. The largest absolute Gasteiger partial charge is 0.452 e. The van der Waals surface area contributed by atoms with Crippen molar-refractivity contribution in [3.63, 3.8) is 0 Å². The van der Waals surface area contributed by atoms with Crippen LogP contribution in [0.4, 0.5) is 0 Å². The van der Waals surface area contributed by atoms with Gasteiger partial charge in [-0.2, -0.15) is 0 Å². The van der Waals surface area contributed by atoms with Crippen LogP contribution in [0.25, 0.3) is 0 Å². The number of carbonyl (C=O) groups excluding carboxylic acids is 7. The Balaban J connectivity index is 0.989. The van der Waals surface area contributed by atoms with Crippen molar-refractivity contribution in [2.75, 3.05) is 13.2 Å². The van der Waals surface area contributed by atoms with Crippen LogP contribution in [0, 0.1) is 0 Å². The Morgan fingerprint density at radius 3 is 1.06 bits per heavy atom. The van der Waals surface area contributed by atoms with Crippen LogP contribution in [-0.4, -0.2) is 151 Å². The fourth-order valence-electron chi connectivity index (χ4n) is 9.81. The Morgan fingerprint density at radius 2 is 0.678 bits per heavy atom. The van der Waals surface area contributed by atoms with Gasteiger partial charge in [0.25, 0.3) is 0 Å². The quantitative estimate of drug-likeness (QED) is 0.0601. The summed E-state index contributed by atoms with van der Waals surface area (Å²) in [5, 5.41) is 24.6. The minimum Gasteiger partial charge on any atom is -0.452 e. The van der Waals surface area contributed by atoms with E-state index in [0.717, 1.165) is 0 Å². The molecule has 0 spiro atoms. The number of aliphatic hydroxyl groups excluding tert-OH is 2. The van der Waals surface area contributed by atoms with Gasteiger partial charge in [0.2, 0.25) is 0 Å². The first-order valence-electron chi connectivity index (χ1n) is 27.7. The molecule has 21 heteroatoms. The van der Waals surface area contributed by atoms with E-state index in [1.165, 1.54) is 91.9 Å². The van der Waals surface area contributed by atoms with E-state index in [-0.39, 0.29) is 38.9 Å². The van der Waals surface area contributed by atoms with E-state index in [4.69, 9.17) is 56.8 Å². The lowest BCUT2D eigenvalue weighted by Gasteiger charge is -2.47. The van der Waals surface area contributed by atoms with Crippen LogP contribution < -0.4 is 0 Å². The highest BCUT2D eigenvalue weighted by Gasteiger charge is 2.57. The molecule has 3 saturated heterocycles. The third kappa shape index (κ3) is 15.0. The monoisotopic (exact) mass is 1190 g/mol. The van der Waals surface area contributed by atoms with Crippen molar-refractivity contribution >= 4 is 41.8 Å². The van der Waals surface area contributed by atoms with Crippen LogP contribution in [0.15, 0.2) is 212 Å². The highest BCUT2D eigenvalue weighted by Crippen LogP contribution is 2.36. The molecule has 0 saturated carbocycles. The van der Waals surface area contributed by atoms with E-state index in [1.54, 1.807) is 127 Å². The van der Waals surface area contributed by atoms with Crippen LogP contribution in [0.3, 0.4) is 0 Å². The number of benzene rings is 7. The molecule has 3 aliphatic rings. The molecule has 3 heterocycles. The van der Waals surface area contributed by atoms with Gasteiger partial charge in [0.1, 0.15) is 18.3 Å². The second-order valence-corrected chi connectivity index (χ2v) is 20.1. The van der Waals surface area contributed by atoms with E-state index in [9.17, 15) is 43.8 Å². The van der Waals surface area contributed by atoms with Gasteiger partial charge in [0, 0.05) is 0 Å². The summed E-state index contributed by atoms with van der Waals surface area (Å²) >= 11 is 0. The van der Waals surface area contributed by atoms with Gasteiger partial charge in [-0.3, -0.25) is 0 Å². The molecule has 21 nitrogen and oxygen atoms in total. The normalized spacial score (nSPS) is 25.9. The Labute approximate surface area is 498 Å². The molecule has 0 amide bonds. The zero-order chi connectivity index (χ0) is 60.8. The number of hydrogen-bond acceptors (Lipinski definition) is 21. The highest BCUT2D eigenvalue weighted by atomic mass is 16.8. The Hall–Kier alpha value is -9.45. The summed E-state index contributed by atoms with van der Waals surface area (Å²) in [5.41, 5.74) is 0.473. The number of hydrogen-bond donors (Lipinski definition) is 2. The minimum atomic E-state index is -2.17. The molecule has 0 bridgehead atoms. The van der Waals surface area contributed by atoms with E-state index in [2.05, 4.69) is 0 Å². The van der Waals surface area contributed by atoms with Gasteiger partial charge >= 0.3 is 41.8 Å². The molecule has 14 atom stereocenters. The number of carbonyl (C=O) groups is 7. The summed E-state index contributed by atoms with van der Waals surface area (Å²) in [4.78, 5) is 97.8. The second-order valence-electron chi connectivity index (χ2n) is 20.1. The van der Waals surface area contributed by atoms with E-state index < -0.39 is 141 Å². The van der Waals surface area contributed by atoms with Crippen LogP contribution in [-0.2, 0) is 56.8 Å². The summed E-state index contributed by atoms with van der Waals surface area (Å²) in [6.45, 7) is 0.158. The van der Waals surface area contributed by atoms with Gasteiger partial charge < -0.3 is 67.1 Å². The standard InChI is InChI=1S/C66H58O21/c1-39-50(81-58(69)41-25-11-3-12-26-41)53(83-60(71)43-29-15-5-16-30-43)56(86-63(74)46-35-21-8-22-36-46)66(78-39)87-52-49(67)47(79-64(75)54(52)84-61(72)44-31-17-6-18-32-44)37-76-65-55(85-62(73)45-33-19-7-20-34-45)51(82-59(70)42-27-13-4-14-28-42)48(38-77-65)80-57(68)40-23-9-2-10-24-40/h2-36,39,47-56,64-67,75H,37-38H2,1H3/t39-,47+,48+,49+,50-,51-,52-,53+,54+,55+,56+,64-,65+,66-/m0/s1. The molecule has 0 radical (unpaired) electrons. The third-order valence-corrected chi connectivity index (χ3v) is 14.2. The van der Waals surface area contributed by atoms with E-state index in [1.807, 2.05) is 0 Å². The van der Waals surface area contributed by atoms with Gasteiger partial charge in [0.15, 0.2) is 61.6 Å². The van der Waals surface area contributed by atoms with Gasteiger partial charge in [-0.1, -0.05) is 127 Å². The molecule has 2 N–H and O–H groups in total. The van der Waals surface area contributed by atoms with Crippen LogP contribution in [0.1, 0.15) is 79.4 Å². The van der Waals surface area contributed by atoms with Crippen molar-refractivity contribution < 1.29 is 101 Å². The molecule has 0 aliphatic carbocycles. The first kappa shape index (κ1) is 60.7. The first-order chi connectivity index (χ1) is 42.3. The average molecular weight is 1190 g/mol. The molecule has 7 aromatic carbocycles. The lowest BCUT2D eigenvalue weighted by molar-refractivity contribution is -0.355. The van der Waals surface area contributed by atoms with Gasteiger partial charge in [0.05, 0.1) is 58.3 Å².